The van der Waals surface area contributed by atoms with Gasteiger partial charge in [-0.3, -0.25) is 4.79 Å². The van der Waals surface area contributed by atoms with Crippen LogP contribution in [0.4, 0.5) is 8.78 Å². The Morgan fingerprint density at radius 3 is 2.26 bits per heavy atom. The van der Waals surface area contributed by atoms with Crippen LogP contribution in [0.25, 0.3) is 0 Å². The molecule has 0 aromatic heterocycles. The molecule has 0 saturated carbocycles. The first-order valence-electron chi connectivity index (χ1n) is 8.22. The molecule has 1 aliphatic rings. The average Bonchev–Trinajstić information content (AvgIpc) is 2.67. The maximum atomic E-state index is 13.9. The Bertz CT molecular complexity index is 958. The minimum absolute atomic E-state index is 0.0288. The fourth-order valence-corrected chi connectivity index (χ4v) is 4.39. The van der Waals surface area contributed by atoms with Crippen LogP contribution in [0.3, 0.4) is 0 Å². The molecule has 1 fully saturated rings. The highest BCUT2D eigenvalue weighted by Crippen LogP contribution is 2.22. The van der Waals surface area contributed by atoms with Crippen molar-refractivity contribution < 1.29 is 26.7 Å². The van der Waals surface area contributed by atoms with Gasteiger partial charge in [-0.2, -0.15) is 4.31 Å². The third-order valence-corrected chi connectivity index (χ3v) is 6.31. The molecule has 144 valence electrons. The van der Waals surface area contributed by atoms with Gasteiger partial charge in [-0.25, -0.2) is 17.2 Å². The van der Waals surface area contributed by atoms with Crippen LogP contribution < -0.4 is 4.74 Å². The van der Waals surface area contributed by atoms with E-state index in [1.54, 1.807) is 0 Å². The molecule has 1 aliphatic heterocycles. The summed E-state index contributed by atoms with van der Waals surface area (Å²) in [5.41, 5.74) is 0.152. The van der Waals surface area contributed by atoms with Crippen molar-refractivity contribution >= 4 is 15.9 Å². The molecule has 27 heavy (non-hydrogen) atoms. The molecular formula is C18H18F2N2O4S. The predicted octanol–water partition coefficient (Wildman–Crippen LogP) is 2.12. The lowest BCUT2D eigenvalue weighted by atomic mass is 10.1. The van der Waals surface area contributed by atoms with E-state index in [1.807, 2.05) is 0 Å². The summed E-state index contributed by atoms with van der Waals surface area (Å²) < 4.78 is 58.8. The number of amides is 1. The first-order chi connectivity index (χ1) is 12.8. The van der Waals surface area contributed by atoms with E-state index >= 15 is 0 Å². The van der Waals surface area contributed by atoms with E-state index in [4.69, 9.17) is 4.74 Å². The number of sulfonamides is 1. The normalized spacial score (nSPS) is 15.6. The summed E-state index contributed by atoms with van der Waals surface area (Å²) in [6.07, 6.45) is 0. The third-order valence-electron chi connectivity index (χ3n) is 4.38. The van der Waals surface area contributed by atoms with Crippen molar-refractivity contribution in [3.8, 4) is 5.75 Å². The number of piperazine rings is 1. The van der Waals surface area contributed by atoms with Crippen LogP contribution in [0.15, 0.2) is 47.4 Å². The van der Waals surface area contributed by atoms with Crippen molar-refractivity contribution in [2.75, 3.05) is 33.3 Å². The average molecular weight is 396 g/mol. The number of rotatable bonds is 4. The number of nitrogens with zero attached hydrogens (tertiary/aromatic N) is 2. The maximum Gasteiger partial charge on any atom is 0.254 e. The second-order valence-corrected chi connectivity index (χ2v) is 7.88. The summed E-state index contributed by atoms with van der Waals surface area (Å²) in [5.74, 6) is -1.83. The van der Waals surface area contributed by atoms with E-state index in [0.29, 0.717) is 0 Å². The number of halogens is 2. The molecule has 0 atom stereocenters. The third kappa shape index (κ3) is 3.79. The van der Waals surface area contributed by atoms with Crippen LogP contribution >= 0.6 is 0 Å². The summed E-state index contributed by atoms with van der Waals surface area (Å²) >= 11 is 0. The fourth-order valence-electron chi connectivity index (χ4n) is 2.91. The molecule has 0 spiro atoms. The van der Waals surface area contributed by atoms with Crippen LogP contribution in [0.1, 0.15) is 10.4 Å². The highest BCUT2D eigenvalue weighted by atomic mass is 32.2. The Labute approximate surface area is 156 Å². The summed E-state index contributed by atoms with van der Waals surface area (Å²) in [6, 6.07) is 9.07. The molecule has 6 nitrogen and oxygen atoms in total. The first kappa shape index (κ1) is 19.2. The Balaban J connectivity index is 1.71. The second kappa shape index (κ2) is 7.61. The molecule has 1 amide bonds. The molecule has 2 aromatic carbocycles. The van der Waals surface area contributed by atoms with E-state index in [-0.39, 0.29) is 42.4 Å². The number of ether oxygens (including phenoxy) is 1. The predicted molar refractivity (Wildman–Crippen MR) is 94.0 cm³/mol. The van der Waals surface area contributed by atoms with Gasteiger partial charge in [-0.1, -0.05) is 12.1 Å². The van der Waals surface area contributed by atoms with Crippen molar-refractivity contribution in [3.63, 3.8) is 0 Å². The SMILES string of the molecule is COc1ccc(C(=O)N2CCN(S(=O)(=O)c3ccccc3F)CC2)cc1F. The fraction of sp³-hybridized carbons (Fsp3) is 0.278. The first-order valence-corrected chi connectivity index (χ1v) is 9.66. The molecule has 2 aromatic rings. The van der Waals surface area contributed by atoms with E-state index in [0.717, 1.165) is 16.4 Å². The van der Waals surface area contributed by atoms with E-state index < -0.39 is 27.6 Å². The molecule has 1 heterocycles. The molecule has 0 radical (unpaired) electrons. The quantitative estimate of drug-likeness (QED) is 0.794. The molecule has 0 N–H and O–H groups in total. The lowest BCUT2D eigenvalue weighted by molar-refractivity contribution is 0.0697. The maximum absolute atomic E-state index is 13.9. The van der Waals surface area contributed by atoms with Crippen molar-refractivity contribution in [1.29, 1.82) is 0 Å². The van der Waals surface area contributed by atoms with E-state index in [9.17, 15) is 22.0 Å². The minimum atomic E-state index is -3.98. The van der Waals surface area contributed by atoms with Crippen molar-refractivity contribution in [3.05, 3.63) is 59.7 Å². The zero-order chi connectivity index (χ0) is 19.6. The van der Waals surface area contributed by atoms with Crippen LogP contribution in [-0.4, -0.2) is 56.8 Å². The molecule has 1 saturated heterocycles. The van der Waals surface area contributed by atoms with Gasteiger partial charge in [0.05, 0.1) is 7.11 Å². The molecule has 9 heteroatoms. The Morgan fingerprint density at radius 2 is 1.67 bits per heavy atom. The van der Waals surface area contributed by atoms with Gasteiger partial charge in [0.25, 0.3) is 5.91 Å². The van der Waals surface area contributed by atoms with Gasteiger partial charge in [0.15, 0.2) is 11.6 Å². The van der Waals surface area contributed by atoms with Crippen LogP contribution in [0.5, 0.6) is 5.75 Å². The molecule has 0 unspecified atom stereocenters. The smallest absolute Gasteiger partial charge is 0.254 e. The number of methoxy groups -OCH3 is 1. The zero-order valence-corrected chi connectivity index (χ0v) is 15.4. The van der Waals surface area contributed by atoms with Gasteiger partial charge in [-0.15, -0.1) is 0 Å². The van der Waals surface area contributed by atoms with Crippen LogP contribution in [0.2, 0.25) is 0 Å². The number of carbonyl (C=O) groups excluding carboxylic acids is 1. The summed E-state index contributed by atoms with van der Waals surface area (Å²) in [4.78, 5) is 13.6. The number of hydrogen-bond acceptors (Lipinski definition) is 4. The topological polar surface area (TPSA) is 66.9 Å². The zero-order valence-electron chi connectivity index (χ0n) is 14.6. The monoisotopic (exact) mass is 396 g/mol. The second-order valence-electron chi connectivity index (χ2n) is 5.98. The minimum Gasteiger partial charge on any atom is -0.494 e. The van der Waals surface area contributed by atoms with Crippen molar-refractivity contribution in [2.24, 2.45) is 0 Å². The van der Waals surface area contributed by atoms with Crippen LogP contribution in [-0.2, 0) is 10.0 Å². The van der Waals surface area contributed by atoms with Crippen molar-refractivity contribution in [2.45, 2.75) is 4.90 Å². The van der Waals surface area contributed by atoms with Gasteiger partial charge in [-0.05, 0) is 30.3 Å². The number of benzene rings is 2. The Hall–Kier alpha value is -2.52. The van der Waals surface area contributed by atoms with Crippen LogP contribution in [0, 0.1) is 11.6 Å². The molecule has 0 aliphatic carbocycles. The van der Waals surface area contributed by atoms with Gasteiger partial charge in [0, 0.05) is 31.7 Å². The molecule has 3 rings (SSSR count). The lowest BCUT2D eigenvalue weighted by Gasteiger charge is -2.34. The summed E-state index contributed by atoms with van der Waals surface area (Å²) in [5, 5.41) is 0. The lowest BCUT2D eigenvalue weighted by Crippen LogP contribution is -2.50. The van der Waals surface area contributed by atoms with E-state index in [1.165, 1.54) is 42.3 Å². The largest absolute Gasteiger partial charge is 0.494 e. The highest BCUT2D eigenvalue weighted by molar-refractivity contribution is 7.89. The number of carbonyl (C=O) groups is 1. The Morgan fingerprint density at radius 1 is 1.00 bits per heavy atom. The summed E-state index contributed by atoms with van der Waals surface area (Å²) in [6.45, 7) is 0.308. The summed E-state index contributed by atoms with van der Waals surface area (Å²) in [7, 11) is -2.65. The molecule has 0 bridgehead atoms. The van der Waals surface area contributed by atoms with Gasteiger partial charge >= 0.3 is 0 Å². The van der Waals surface area contributed by atoms with Gasteiger partial charge in [0.2, 0.25) is 10.0 Å². The molecular weight excluding hydrogens is 378 g/mol. The van der Waals surface area contributed by atoms with E-state index in [2.05, 4.69) is 0 Å². The van der Waals surface area contributed by atoms with Gasteiger partial charge < -0.3 is 9.64 Å². The van der Waals surface area contributed by atoms with Gasteiger partial charge in [0.1, 0.15) is 10.7 Å². The standard InChI is InChI=1S/C18H18F2N2O4S/c1-26-16-7-6-13(12-15(16)20)18(23)21-8-10-22(11-9-21)27(24,25)17-5-3-2-4-14(17)19/h2-7,12H,8-11H2,1H3. The highest BCUT2D eigenvalue weighted by Gasteiger charge is 2.32. The number of hydrogen-bond donors (Lipinski definition) is 0. The Kier molecular flexibility index (Phi) is 5.43. The van der Waals surface area contributed by atoms with Crippen molar-refractivity contribution in [1.82, 2.24) is 9.21 Å².